The molecule has 0 bridgehead atoms. The van der Waals surface area contributed by atoms with Gasteiger partial charge in [-0.1, -0.05) is 39.5 Å². The van der Waals surface area contributed by atoms with Crippen molar-refractivity contribution in [3.63, 3.8) is 0 Å². The summed E-state index contributed by atoms with van der Waals surface area (Å²) >= 11 is 0. The second-order valence-corrected chi connectivity index (χ2v) is 6.31. The van der Waals surface area contributed by atoms with Gasteiger partial charge in [-0.2, -0.15) is 0 Å². The second kappa shape index (κ2) is 7.15. The van der Waals surface area contributed by atoms with Crippen molar-refractivity contribution in [2.45, 2.75) is 58.8 Å². The minimum atomic E-state index is -0.0395. The summed E-state index contributed by atoms with van der Waals surface area (Å²) in [6.45, 7) is 6.60. The van der Waals surface area contributed by atoms with Crippen LogP contribution in [-0.2, 0) is 4.79 Å². The molecule has 1 fully saturated rings. The molecule has 0 N–H and O–H groups in total. The fourth-order valence-corrected chi connectivity index (χ4v) is 2.84. The maximum atomic E-state index is 11.5. The zero-order valence-corrected chi connectivity index (χ0v) is 11.9. The van der Waals surface area contributed by atoms with Gasteiger partial charge in [0, 0.05) is 12.0 Å². The number of carbonyl (C=O) groups is 1. The summed E-state index contributed by atoms with van der Waals surface area (Å²) in [6, 6.07) is 0. The van der Waals surface area contributed by atoms with Crippen molar-refractivity contribution in [1.29, 1.82) is 0 Å². The number of aldehydes is 1. The van der Waals surface area contributed by atoms with Crippen molar-refractivity contribution in [2.75, 3.05) is 20.1 Å². The van der Waals surface area contributed by atoms with E-state index >= 15 is 0 Å². The summed E-state index contributed by atoms with van der Waals surface area (Å²) in [6.07, 6.45) is 9.77. The van der Waals surface area contributed by atoms with Crippen LogP contribution in [0.5, 0.6) is 0 Å². The highest BCUT2D eigenvalue weighted by atomic mass is 16.1. The lowest BCUT2D eigenvalue weighted by atomic mass is 9.81. The molecule has 1 rings (SSSR count). The Bertz CT molecular complexity index is 217. The Morgan fingerprint density at radius 2 is 1.76 bits per heavy atom. The number of hydrogen-bond acceptors (Lipinski definition) is 2. The topological polar surface area (TPSA) is 20.3 Å². The lowest BCUT2D eigenvalue weighted by molar-refractivity contribution is -0.117. The molecule has 0 radical (unpaired) electrons. The molecular formula is C15H29NO. The third-order valence-electron chi connectivity index (χ3n) is 4.02. The van der Waals surface area contributed by atoms with Crippen LogP contribution in [0.15, 0.2) is 0 Å². The number of carbonyl (C=O) groups excluding carboxylic acids is 1. The maximum absolute atomic E-state index is 11.5. The van der Waals surface area contributed by atoms with Gasteiger partial charge in [0.1, 0.15) is 6.29 Å². The number of hydrogen-bond donors (Lipinski definition) is 0. The van der Waals surface area contributed by atoms with Gasteiger partial charge in [0.15, 0.2) is 0 Å². The Morgan fingerprint density at radius 3 is 2.24 bits per heavy atom. The normalized spacial score (nSPS) is 20.5. The Morgan fingerprint density at radius 1 is 1.18 bits per heavy atom. The second-order valence-electron chi connectivity index (χ2n) is 6.31. The molecule has 1 aliphatic carbocycles. The van der Waals surface area contributed by atoms with Gasteiger partial charge in [-0.3, -0.25) is 0 Å². The molecule has 100 valence electrons. The Hall–Kier alpha value is -0.370. The lowest BCUT2D eigenvalue weighted by Crippen LogP contribution is -2.37. The number of nitrogens with zero attached hydrogens (tertiary/aromatic N) is 1. The Labute approximate surface area is 107 Å². The molecule has 0 atom stereocenters. The van der Waals surface area contributed by atoms with Crippen LogP contribution in [0, 0.1) is 11.3 Å². The molecule has 0 unspecified atom stereocenters. The van der Waals surface area contributed by atoms with E-state index in [-0.39, 0.29) is 5.41 Å². The average Bonchev–Trinajstić information content (AvgIpc) is 2.53. The summed E-state index contributed by atoms with van der Waals surface area (Å²) in [4.78, 5) is 13.8. The Balaban J connectivity index is 2.45. The standard InChI is InChI=1S/C15H29NO/c1-14(2)8-11-16(3)12-15(13-17)9-6-4-5-7-10-15/h13-14H,4-12H2,1-3H3. The van der Waals surface area contributed by atoms with Crippen LogP contribution in [0.25, 0.3) is 0 Å². The van der Waals surface area contributed by atoms with Crippen LogP contribution in [0.3, 0.4) is 0 Å². The first-order valence-corrected chi connectivity index (χ1v) is 7.23. The number of rotatable bonds is 6. The van der Waals surface area contributed by atoms with E-state index < -0.39 is 0 Å². The van der Waals surface area contributed by atoms with E-state index in [0.29, 0.717) is 0 Å². The molecule has 0 amide bonds. The summed E-state index contributed by atoms with van der Waals surface area (Å²) in [5.74, 6) is 0.749. The van der Waals surface area contributed by atoms with Gasteiger partial charge in [-0.25, -0.2) is 0 Å². The van der Waals surface area contributed by atoms with Gasteiger partial charge in [-0.05, 0) is 38.8 Å². The van der Waals surface area contributed by atoms with Crippen LogP contribution in [0.1, 0.15) is 58.8 Å². The highest BCUT2D eigenvalue weighted by Crippen LogP contribution is 2.33. The van der Waals surface area contributed by atoms with Crippen LogP contribution >= 0.6 is 0 Å². The van der Waals surface area contributed by atoms with Crippen molar-refractivity contribution < 1.29 is 4.79 Å². The van der Waals surface area contributed by atoms with E-state index in [2.05, 4.69) is 25.8 Å². The molecule has 1 aliphatic rings. The third kappa shape index (κ3) is 5.20. The van der Waals surface area contributed by atoms with Crippen molar-refractivity contribution in [3.8, 4) is 0 Å². The summed E-state index contributed by atoms with van der Waals surface area (Å²) < 4.78 is 0. The van der Waals surface area contributed by atoms with Gasteiger partial charge in [-0.15, -0.1) is 0 Å². The fourth-order valence-electron chi connectivity index (χ4n) is 2.84. The maximum Gasteiger partial charge on any atom is 0.127 e. The van der Waals surface area contributed by atoms with Gasteiger partial charge in [0.25, 0.3) is 0 Å². The molecule has 0 aromatic carbocycles. The molecule has 0 spiro atoms. The first-order valence-electron chi connectivity index (χ1n) is 7.23. The summed E-state index contributed by atoms with van der Waals surface area (Å²) in [7, 11) is 2.17. The highest BCUT2D eigenvalue weighted by Gasteiger charge is 2.31. The first kappa shape index (κ1) is 14.7. The molecule has 0 aliphatic heterocycles. The quantitative estimate of drug-likeness (QED) is 0.522. The fraction of sp³-hybridized carbons (Fsp3) is 0.933. The van der Waals surface area contributed by atoms with Gasteiger partial charge in [0.05, 0.1) is 0 Å². The van der Waals surface area contributed by atoms with Crippen LogP contribution in [0.4, 0.5) is 0 Å². The van der Waals surface area contributed by atoms with Gasteiger partial charge in [0.2, 0.25) is 0 Å². The monoisotopic (exact) mass is 239 g/mol. The van der Waals surface area contributed by atoms with E-state index in [1.54, 1.807) is 0 Å². The molecule has 0 saturated heterocycles. The molecule has 2 nitrogen and oxygen atoms in total. The summed E-state index contributed by atoms with van der Waals surface area (Å²) in [5.41, 5.74) is -0.0395. The zero-order valence-electron chi connectivity index (χ0n) is 11.9. The largest absolute Gasteiger partial charge is 0.305 e. The molecular weight excluding hydrogens is 210 g/mol. The Kier molecular flexibility index (Phi) is 6.18. The van der Waals surface area contributed by atoms with Crippen LogP contribution in [-0.4, -0.2) is 31.3 Å². The third-order valence-corrected chi connectivity index (χ3v) is 4.02. The molecule has 1 saturated carbocycles. The molecule has 0 heterocycles. The smallest absolute Gasteiger partial charge is 0.127 e. The van der Waals surface area contributed by atoms with Gasteiger partial charge < -0.3 is 9.69 Å². The van der Waals surface area contributed by atoms with Crippen molar-refractivity contribution in [1.82, 2.24) is 4.90 Å². The molecule has 17 heavy (non-hydrogen) atoms. The lowest BCUT2D eigenvalue weighted by Gasteiger charge is -2.31. The van der Waals surface area contributed by atoms with Gasteiger partial charge >= 0.3 is 0 Å². The van der Waals surface area contributed by atoms with Crippen molar-refractivity contribution >= 4 is 6.29 Å². The van der Waals surface area contributed by atoms with Crippen molar-refractivity contribution in [2.24, 2.45) is 11.3 Å². The average molecular weight is 239 g/mol. The summed E-state index contributed by atoms with van der Waals surface area (Å²) in [5, 5.41) is 0. The molecule has 2 heteroatoms. The minimum absolute atomic E-state index is 0.0395. The van der Waals surface area contributed by atoms with E-state index in [4.69, 9.17) is 0 Å². The van der Waals surface area contributed by atoms with E-state index in [1.807, 2.05) is 0 Å². The predicted molar refractivity (Wildman–Crippen MR) is 73.2 cm³/mol. The van der Waals surface area contributed by atoms with Crippen LogP contribution in [0.2, 0.25) is 0 Å². The molecule has 0 aromatic rings. The minimum Gasteiger partial charge on any atom is -0.305 e. The van der Waals surface area contributed by atoms with E-state index in [1.165, 1.54) is 38.4 Å². The molecule has 0 aromatic heterocycles. The van der Waals surface area contributed by atoms with E-state index in [9.17, 15) is 4.79 Å². The SMILES string of the molecule is CC(C)CCN(C)CC1(C=O)CCCCCC1. The highest BCUT2D eigenvalue weighted by molar-refractivity contribution is 5.59. The predicted octanol–water partition coefficient (Wildman–Crippen LogP) is 3.50. The van der Waals surface area contributed by atoms with Crippen molar-refractivity contribution in [3.05, 3.63) is 0 Å². The zero-order chi connectivity index (χ0) is 12.7. The van der Waals surface area contributed by atoms with E-state index in [0.717, 1.165) is 31.8 Å². The first-order chi connectivity index (χ1) is 8.08. The van der Waals surface area contributed by atoms with Crippen LogP contribution < -0.4 is 0 Å².